The average molecular weight is 372 g/mol. The predicted octanol–water partition coefficient (Wildman–Crippen LogP) is 5.10. The lowest BCUT2D eigenvalue weighted by Gasteiger charge is -2.22. The summed E-state index contributed by atoms with van der Waals surface area (Å²) in [5, 5.41) is 3.35. The highest BCUT2D eigenvalue weighted by atomic mass is 16.5. The highest BCUT2D eigenvalue weighted by Gasteiger charge is 2.12. The Morgan fingerprint density at radius 1 is 0.615 bits per heavy atom. The van der Waals surface area contributed by atoms with Crippen LogP contribution in [0.4, 0.5) is 0 Å². The summed E-state index contributed by atoms with van der Waals surface area (Å²) in [5.41, 5.74) is 0. The number of hydrogen-bond acceptors (Lipinski definition) is 4. The van der Waals surface area contributed by atoms with E-state index in [9.17, 15) is 0 Å². The van der Waals surface area contributed by atoms with Crippen LogP contribution >= 0.6 is 0 Å². The van der Waals surface area contributed by atoms with Crippen LogP contribution in [-0.4, -0.2) is 52.2 Å². The van der Waals surface area contributed by atoms with Gasteiger partial charge in [0.25, 0.3) is 0 Å². The van der Waals surface area contributed by atoms with Crippen molar-refractivity contribution in [3.8, 4) is 0 Å². The molecule has 1 heterocycles. The molecule has 4 heteroatoms. The molecule has 1 fully saturated rings. The van der Waals surface area contributed by atoms with Gasteiger partial charge in [0.2, 0.25) is 0 Å². The number of ether oxygens (including phenoxy) is 3. The highest BCUT2D eigenvalue weighted by molar-refractivity contribution is 4.67. The molecule has 0 aromatic heterocycles. The lowest BCUT2D eigenvalue weighted by atomic mass is 10.1. The van der Waals surface area contributed by atoms with Crippen LogP contribution in [-0.2, 0) is 14.2 Å². The van der Waals surface area contributed by atoms with E-state index >= 15 is 0 Å². The maximum absolute atomic E-state index is 5.80. The Labute approximate surface area is 162 Å². The molecule has 1 N–H and O–H groups in total. The second kappa shape index (κ2) is 19.6. The van der Waals surface area contributed by atoms with Gasteiger partial charge in [0.15, 0.2) is 0 Å². The van der Waals surface area contributed by atoms with Crippen molar-refractivity contribution in [2.45, 2.75) is 96.5 Å². The molecule has 4 nitrogen and oxygen atoms in total. The molecule has 0 aromatic carbocycles. The van der Waals surface area contributed by atoms with E-state index in [-0.39, 0.29) is 0 Å². The van der Waals surface area contributed by atoms with Gasteiger partial charge in [-0.15, -0.1) is 0 Å². The summed E-state index contributed by atoms with van der Waals surface area (Å²) in [6.45, 7) is 8.12. The zero-order valence-corrected chi connectivity index (χ0v) is 17.4. The Morgan fingerprint density at radius 2 is 1.12 bits per heavy atom. The van der Waals surface area contributed by atoms with Crippen molar-refractivity contribution in [1.82, 2.24) is 5.32 Å². The maximum atomic E-state index is 5.80. The van der Waals surface area contributed by atoms with Crippen molar-refractivity contribution < 1.29 is 14.2 Å². The molecule has 0 bridgehead atoms. The number of hydrogen-bond donors (Lipinski definition) is 1. The third-order valence-corrected chi connectivity index (χ3v) is 5.13. The van der Waals surface area contributed by atoms with E-state index in [1.807, 2.05) is 0 Å². The van der Waals surface area contributed by atoms with E-state index in [0.717, 1.165) is 32.5 Å². The first-order valence-electron chi connectivity index (χ1n) is 11.4. The molecule has 1 rings (SSSR count). The Kier molecular flexibility index (Phi) is 18.0. The van der Waals surface area contributed by atoms with E-state index in [1.54, 1.807) is 0 Å². The molecule has 0 unspecified atom stereocenters. The summed E-state index contributed by atoms with van der Waals surface area (Å²) in [4.78, 5) is 0. The van der Waals surface area contributed by atoms with Crippen LogP contribution in [0.5, 0.6) is 0 Å². The number of piperidine rings is 1. The van der Waals surface area contributed by atoms with Gasteiger partial charge in [0, 0.05) is 6.61 Å². The first-order chi connectivity index (χ1) is 12.9. The quantitative estimate of drug-likeness (QED) is 0.321. The van der Waals surface area contributed by atoms with Crippen LogP contribution < -0.4 is 5.32 Å². The molecule has 0 amide bonds. The Bertz CT molecular complexity index is 270. The van der Waals surface area contributed by atoms with Gasteiger partial charge < -0.3 is 19.5 Å². The van der Waals surface area contributed by atoms with Crippen molar-refractivity contribution >= 4 is 0 Å². The fourth-order valence-corrected chi connectivity index (χ4v) is 3.43. The molecular formula is C22H45NO3. The molecule has 0 aliphatic carbocycles. The van der Waals surface area contributed by atoms with E-state index in [0.29, 0.717) is 32.5 Å². The van der Waals surface area contributed by atoms with E-state index in [4.69, 9.17) is 14.2 Å². The summed E-state index contributed by atoms with van der Waals surface area (Å²) in [6.07, 6.45) is 17.9. The van der Waals surface area contributed by atoms with Crippen LogP contribution in [0.15, 0.2) is 0 Å². The van der Waals surface area contributed by atoms with Crippen LogP contribution in [0.3, 0.4) is 0 Å². The van der Waals surface area contributed by atoms with Gasteiger partial charge in [-0.3, -0.25) is 0 Å². The minimum absolute atomic E-state index is 0.428. The minimum Gasteiger partial charge on any atom is -0.379 e. The van der Waals surface area contributed by atoms with Crippen molar-refractivity contribution in [3.05, 3.63) is 0 Å². The smallest absolute Gasteiger partial charge is 0.0704 e. The SMILES string of the molecule is CCCCCCCCCCCCCOCCOCCOC1CCNCC1. The molecule has 1 aliphatic rings. The fraction of sp³-hybridized carbons (Fsp3) is 1.00. The molecule has 0 radical (unpaired) electrons. The van der Waals surface area contributed by atoms with Crippen LogP contribution in [0.1, 0.15) is 90.4 Å². The van der Waals surface area contributed by atoms with E-state index < -0.39 is 0 Å². The first-order valence-corrected chi connectivity index (χ1v) is 11.4. The fourth-order valence-electron chi connectivity index (χ4n) is 3.43. The van der Waals surface area contributed by atoms with E-state index in [2.05, 4.69) is 12.2 Å². The lowest BCUT2D eigenvalue weighted by molar-refractivity contribution is -0.0199. The van der Waals surface area contributed by atoms with Crippen molar-refractivity contribution in [2.75, 3.05) is 46.1 Å². The van der Waals surface area contributed by atoms with Crippen molar-refractivity contribution in [1.29, 1.82) is 0 Å². The van der Waals surface area contributed by atoms with Crippen LogP contribution in [0, 0.1) is 0 Å². The summed E-state index contributed by atoms with van der Waals surface area (Å²) < 4.78 is 17.0. The molecule has 1 saturated heterocycles. The largest absolute Gasteiger partial charge is 0.379 e. The minimum atomic E-state index is 0.428. The van der Waals surface area contributed by atoms with Crippen LogP contribution in [0.25, 0.3) is 0 Å². The molecule has 156 valence electrons. The zero-order chi connectivity index (χ0) is 18.5. The van der Waals surface area contributed by atoms with Crippen molar-refractivity contribution in [2.24, 2.45) is 0 Å². The highest BCUT2D eigenvalue weighted by Crippen LogP contribution is 2.11. The van der Waals surface area contributed by atoms with Gasteiger partial charge in [-0.25, -0.2) is 0 Å². The second-order valence-electron chi connectivity index (χ2n) is 7.58. The normalized spacial score (nSPS) is 15.6. The number of unbranched alkanes of at least 4 members (excludes halogenated alkanes) is 10. The average Bonchev–Trinajstić information content (AvgIpc) is 2.68. The topological polar surface area (TPSA) is 39.7 Å². The maximum Gasteiger partial charge on any atom is 0.0704 e. The third kappa shape index (κ3) is 16.0. The van der Waals surface area contributed by atoms with Crippen LogP contribution in [0.2, 0.25) is 0 Å². The molecule has 0 aromatic rings. The lowest BCUT2D eigenvalue weighted by Crippen LogP contribution is -2.33. The summed E-state index contributed by atoms with van der Waals surface area (Å²) >= 11 is 0. The molecule has 26 heavy (non-hydrogen) atoms. The summed E-state index contributed by atoms with van der Waals surface area (Å²) in [5.74, 6) is 0. The van der Waals surface area contributed by atoms with Gasteiger partial charge in [-0.1, -0.05) is 71.1 Å². The molecular weight excluding hydrogens is 326 g/mol. The monoisotopic (exact) mass is 371 g/mol. The molecule has 1 aliphatic heterocycles. The molecule has 0 atom stereocenters. The summed E-state index contributed by atoms with van der Waals surface area (Å²) in [6, 6.07) is 0. The second-order valence-corrected chi connectivity index (χ2v) is 7.58. The van der Waals surface area contributed by atoms with Crippen molar-refractivity contribution in [3.63, 3.8) is 0 Å². The van der Waals surface area contributed by atoms with E-state index in [1.165, 1.54) is 70.6 Å². The Balaban J connectivity index is 1.65. The summed E-state index contributed by atoms with van der Waals surface area (Å²) in [7, 11) is 0. The van der Waals surface area contributed by atoms with Gasteiger partial charge in [0.05, 0.1) is 32.5 Å². The predicted molar refractivity (Wildman–Crippen MR) is 110 cm³/mol. The molecule has 0 saturated carbocycles. The first kappa shape index (κ1) is 23.9. The van der Waals surface area contributed by atoms with Gasteiger partial charge in [-0.05, 0) is 32.4 Å². The number of nitrogens with one attached hydrogen (secondary N) is 1. The van der Waals surface area contributed by atoms with Gasteiger partial charge in [-0.2, -0.15) is 0 Å². The Hall–Kier alpha value is -0.160. The Morgan fingerprint density at radius 3 is 1.73 bits per heavy atom. The van der Waals surface area contributed by atoms with Gasteiger partial charge in [0.1, 0.15) is 0 Å². The number of rotatable bonds is 19. The standard InChI is InChI=1S/C22H45NO3/c1-2-3-4-5-6-7-8-9-10-11-12-17-24-18-19-25-20-21-26-22-13-15-23-16-14-22/h22-23H,2-21H2,1H3. The molecule has 0 spiro atoms. The zero-order valence-electron chi connectivity index (χ0n) is 17.4. The van der Waals surface area contributed by atoms with Gasteiger partial charge >= 0.3 is 0 Å². The third-order valence-electron chi connectivity index (χ3n) is 5.13.